The monoisotopic (exact) mass is 336 g/mol. The second-order valence-corrected chi connectivity index (χ2v) is 5.58. The van der Waals surface area contributed by atoms with Gasteiger partial charge in [0.2, 0.25) is 0 Å². The molecule has 0 bridgehead atoms. The number of nitrogens with one attached hydrogen (secondary N) is 2. The zero-order valence-corrected chi connectivity index (χ0v) is 13.9. The number of rotatable bonds is 5. The van der Waals surface area contributed by atoms with E-state index in [0.717, 1.165) is 5.69 Å². The molecule has 2 aromatic carbocycles. The van der Waals surface area contributed by atoms with Crippen LogP contribution in [0.1, 0.15) is 23.1 Å². The average molecular weight is 336 g/mol. The number of nitrogens with zero attached hydrogens (tertiary/aromatic N) is 2. The van der Waals surface area contributed by atoms with Crippen LogP contribution in [0.5, 0.6) is 0 Å². The van der Waals surface area contributed by atoms with E-state index in [-0.39, 0.29) is 11.6 Å². The molecule has 0 aliphatic carbocycles. The lowest BCUT2D eigenvalue weighted by molar-refractivity contribution is 0.101. The van der Waals surface area contributed by atoms with Crippen molar-refractivity contribution in [1.82, 2.24) is 9.97 Å². The van der Waals surface area contributed by atoms with E-state index in [0.29, 0.717) is 28.7 Å². The minimum atomic E-state index is -0.324. The largest absolute Gasteiger partial charge is 0.340 e. The van der Waals surface area contributed by atoms with Crippen molar-refractivity contribution in [1.29, 1.82) is 0 Å². The Morgan fingerprint density at radius 2 is 1.52 bits per heavy atom. The number of ketones is 1. The van der Waals surface area contributed by atoms with Gasteiger partial charge in [0.05, 0.1) is 0 Å². The quantitative estimate of drug-likeness (QED) is 0.666. The fourth-order valence-corrected chi connectivity index (χ4v) is 2.37. The van der Waals surface area contributed by atoms with Gasteiger partial charge in [-0.05, 0) is 44.2 Å². The average Bonchev–Trinajstić information content (AvgIpc) is 2.54. The number of hydrogen-bond acceptors (Lipinski definition) is 5. The summed E-state index contributed by atoms with van der Waals surface area (Å²) in [6.07, 6.45) is 0. The number of aromatic nitrogens is 2. The highest BCUT2D eigenvalue weighted by Gasteiger charge is 2.05. The molecule has 6 heteroatoms. The molecule has 1 heterocycles. The Kier molecular flexibility index (Phi) is 4.70. The Bertz CT molecular complexity index is 927. The van der Waals surface area contributed by atoms with Crippen LogP contribution in [0.2, 0.25) is 0 Å². The Morgan fingerprint density at radius 3 is 2.12 bits per heavy atom. The maximum absolute atomic E-state index is 13.3. The van der Waals surface area contributed by atoms with E-state index >= 15 is 0 Å². The molecule has 0 atom stereocenters. The van der Waals surface area contributed by atoms with E-state index in [1.807, 2.05) is 6.07 Å². The topological polar surface area (TPSA) is 66.9 Å². The predicted octanol–water partition coefficient (Wildman–Crippen LogP) is 4.61. The first-order valence-corrected chi connectivity index (χ1v) is 7.76. The normalized spacial score (nSPS) is 10.4. The van der Waals surface area contributed by atoms with Gasteiger partial charge in [0.1, 0.15) is 23.3 Å². The Balaban J connectivity index is 1.84. The molecule has 5 nitrogen and oxygen atoms in total. The zero-order valence-electron chi connectivity index (χ0n) is 13.9. The molecule has 0 fully saturated rings. The van der Waals surface area contributed by atoms with Crippen molar-refractivity contribution in [3.63, 3.8) is 0 Å². The van der Waals surface area contributed by atoms with Gasteiger partial charge in [-0.25, -0.2) is 14.4 Å². The van der Waals surface area contributed by atoms with Crippen molar-refractivity contribution in [2.24, 2.45) is 0 Å². The van der Waals surface area contributed by atoms with Crippen LogP contribution in [-0.2, 0) is 0 Å². The SMILES string of the molecule is CC(=O)c1cccc(Nc2cc(Nc3cccc(F)c3)nc(C)n2)c1. The highest BCUT2D eigenvalue weighted by Crippen LogP contribution is 2.21. The maximum atomic E-state index is 13.3. The summed E-state index contributed by atoms with van der Waals surface area (Å²) >= 11 is 0. The zero-order chi connectivity index (χ0) is 17.8. The minimum absolute atomic E-state index is 0.00372. The lowest BCUT2D eigenvalue weighted by Gasteiger charge is -2.11. The molecular weight excluding hydrogens is 319 g/mol. The number of anilines is 4. The standard InChI is InChI=1S/C19H17FN4O/c1-12(25)14-5-3-7-16(9-14)23-18-11-19(22-13(2)21-18)24-17-8-4-6-15(20)10-17/h3-11H,1-2H3,(H2,21,22,23,24). The molecule has 0 aliphatic rings. The van der Waals surface area contributed by atoms with E-state index in [1.165, 1.54) is 19.1 Å². The molecule has 0 saturated heterocycles. The fourth-order valence-electron chi connectivity index (χ4n) is 2.37. The highest BCUT2D eigenvalue weighted by atomic mass is 19.1. The molecule has 3 rings (SSSR count). The number of carbonyl (C=O) groups excluding carboxylic acids is 1. The van der Waals surface area contributed by atoms with E-state index < -0.39 is 0 Å². The maximum Gasteiger partial charge on any atom is 0.159 e. The first kappa shape index (κ1) is 16.6. The van der Waals surface area contributed by atoms with Gasteiger partial charge in [-0.3, -0.25) is 4.79 Å². The van der Waals surface area contributed by atoms with Crippen molar-refractivity contribution >= 4 is 28.8 Å². The number of hydrogen-bond donors (Lipinski definition) is 2. The van der Waals surface area contributed by atoms with E-state index in [9.17, 15) is 9.18 Å². The van der Waals surface area contributed by atoms with Crippen LogP contribution >= 0.6 is 0 Å². The summed E-state index contributed by atoms with van der Waals surface area (Å²) in [6, 6.07) is 15.0. The van der Waals surface area contributed by atoms with Crippen LogP contribution in [0, 0.1) is 12.7 Å². The Morgan fingerprint density at radius 1 is 0.920 bits per heavy atom. The van der Waals surface area contributed by atoms with Gasteiger partial charge < -0.3 is 10.6 Å². The third-order valence-electron chi connectivity index (χ3n) is 3.48. The molecule has 3 aromatic rings. The smallest absolute Gasteiger partial charge is 0.159 e. The van der Waals surface area contributed by atoms with Crippen LogP contribution in [0.4, 0.5) is 27.4 Å². The van der Waals surface area contributed by atoms with Gasteiger partial charge in [0.15, 0.2) is 5.78 Å². The van der Waals surface area contributed by atoms with Crippen LogP contribution in [0.25, 0.3) is 0 Å². The van der Waals surface area contributed by atoms with Crippen molar-refractivity contribution in [3.05, 3.63) is 71.8 Å². The van der Waals surface area contributed by atoms with Crippen LogP contribution < -0.4 is 10.6 Å². The summed E-state index contributed by atoms with van der Waals surface area (Å²) in [7, 11) is 0. The number of Topliss-reactive ketones (excluding diaryl/α,β-unsaturated/α-hetero) is 1. The van der Waals surface area contributed by atoms with Crippen molar-refractivity contribution in [3.8, 4) is 0 Å². The Labute approximate surface area is 145 Å². The number of halogens is 1. The summed E-state index contributed by atoms with van der Waals surface area (Å²) in [5.74, 6) is 1.35. The van der Waals surface area contributed by atoms with Gasteiger partial charge in [-0.15, -0.1) is 0 Å². The molecule has 0 aliphatic heterocycles. The molecule has 0 radical (unpaired) electrons. The number of aryl methyl sites for hydroxylation is 1. The molecule has 25 heavy (non-hydrogen) atoms. The summed E-state index contributed by atoms with van der Waals surface area (Å²) < 4.78 is 13.3. The van der Waals surface area contributed by atoms with Crippen molar-refractivity contribution in [2.45, 2.75) is 13.8 Å². The van der Waals surface area contributed by atoms with Crippen LogP contribution in [0.3, 0.4) is 0 Å². The summed E-state index contributed by atoms with van der Waals surface area (Å²) in [5, 5.41) is 6.22. The van der Waals surface area contributed by atoms with Gasteiger partial charge in [-0.1, -0.05) is 18.2 Å². The van der Waals surface area contributed by atoms with Crippen LogP contribution in [-0.4, -0.2) is 15.8 Å². The summed E-state index contributed by atoms with van der Waals surface area (Å²) in [6.45, 7) is 3.29. The minimum Gasteiger partial charge on any atom is -0.340 e. The fraction of sp³-hybridized carbons (Fsp3) is 0.105. The molecule has 0 unspecified atom stereocenters. The number of benzene rings is 2. The lowest BCUT2D eigenvalue weighted by Crippen LogP contribution is -2.02. The van der Waals surface area contributed by atoms with Crippen molar-refractivity contribution in [2.75, 3.05) is 10.6 Å². The van der Waals surface area contributed by atoms with Gasteiger partial charge in [0, 0.05) is 23.0 Å². The predicted molar refractivity (Wildman–Crippen MR) is 96.2 cm³/mol. The second kappa shape index (κ2) is 7.09. The number of carbonyl (C=O) groups is 1. The van der Waals surface area contributed by atoms with Crippen molar-refractivity contribution < 1.29 is 9.18 Å². The first-order valence-electron chi connectivity index (χ1n) is 7.76. The Hall–Kier alpha value is -3.28. The van der Waals surface area contributed by atoms with Crippen LogP contribution in [0.15, 0.2) is 54.6 Å². The third kappa shape index (κ3) is 4.38. The van der Waals surface area contributed by atoms with E-state index in [4.69, 9.17) is 0 Å². The molecule has 1 aromatic heterocycles. The molecule has 0 amide bonds. The second-order valence-electron chi connectivity index (χ2n) is 5.58. The van der Waals surface area contributed by atoms with E-state index in [2.05, 4.69) is 20.6 Å². The molecule has 2 N–H and O–H groups in total. The molecule has 126 valence electrons. The summed E-state index contributed by atoms with van der Waals surface area (Å²) in [5.41, 5.74) is 1.97. The van der Waals surface area contributed by atoms with Gasteiger partial charge >= 0.3 is 0 Å². The molecule has 0 spiro atoms. The first-order chi connectivity index (χ1) is 12.0. The van der Waals surface area contributed by atoms with E-state index in [1.54, 1.807) is 43.3 Å². The van der Waals surface area contributed by atoms with Gasteiger partial charge in [0.25, 0.3) is 0 Å². The summed E-state index contributed by atoms with van der Waals surface area (Å²) in [4.78, 5) is 20.1. The third-order valence-corrected chi connectivity index (χ3v) is 3.48. The lowest BCUT2D eigenvalue weighted by atomic mass is 10.1. The molecule has 0 saturated carbocycles. The molecular formula is C19H17FN4O. The van der Waals surface area contributed by atoms with Gasteiger partial charge in [-0.2, -0.15) is 0 Å². The highest BCUT2D eigenvalue weighted by molar-refractivity contribution is 5.95.